The fraction of sp³-hybridized carbons (Fsp3) is 0.0909. The summed E-state index contributed by atoms with van der Waals surface area (Å²) in [4.78, 5) is 35.0. The van der Waals surface area contributed by atoms with E-state index < -0.39 is 4.92 Å². The van der Waals surface area contributed by atoms with Gasteiger partial charge in [0.05, 0.1) is 10.5 Å². The number of ether oxygens (including phenoxy) is 1. The molecule has 1 amide bonds. The second-order valence-corrected chi connectivity index (χ2v) is 6.27. The van der Waals surface area contributed by atoms with E-state index in [1.54, 1.807) is 61.5 Å². The lowest BCUT2D eigenvalue weighted by atomic mass is 10.1. The number of ketones is 1. The molecule has 7 heteroatoms. The van der Waals surface area contributed by atoms with E-state index in [0.29, 0.717) is 28.1 Å². The Kier molecular flexibility index (Phi) is 5.99. The van der Waals surface area contributed by atoms with E-state index in [1.807, 2.05) is 6.07 Å². The fourth-order valence-electron chi connectivity index (χ4n) is 2.72. The molecule has 0 heterocycles. The van der Waals surface area contributed by atoms with Gasteiger partial charge in [-0.25, -0.2) is 0 Å². The number of nitro benzene ring substituents is 1. The average molecular weight is 390 g/mol. The number of carbonyl (C=O) groups is 2. The predicted octanol–water partition coefficient (Wildman–Crippen LogP) is 4.42. The molecule has 3 rings (SSSR count). The van der Waals surface area contributed by atoms with Gasteiger partial charge in [-0.1, -0.05) is 24.3 Å². The summed E-state index contributed by atoms with van der Waals surface area (Å²) in [6.07, 6.45) is 0. The second kappa shape index (κ2) is 8.79. The summed E-state index contributed by atoms with van der Waals surface area (Å²) in [6.45, 7) is 1.32. The van der Waals surface area contributed by atoms with Gasteiger partial charge in [-0.15, -0.1) is 0 Å². The summed E-state index contributed by atoms with van der Waals surface area (Å²) >= 11 is 0. The second-order valence-electron chi connectivity index (χ2n) is 6.27. The van der Waals surface area contributed by atoms with Crippen molar-refractivity contribution in [3.8, 4) is 5.75 Å². The van der Waals surface area contributed by atoms with Crippen LogP contribution in [0.25, 0.3) is 0 Å². The molecule has 0 saturated carbocycles. The lowest BCUT2D eigenvalue weighted by Gasteiger charge is -2.09. The van der Waals surface area contributed by atoms with E-state index in [4.69, 9.17) is 4.74 Å². The Balaban J connectivity index is 1.62. The van der Waals surface area contributed by atoms with Crippen LogP contribution >= 0.6 is 0 Å². The Hall–Kier alpha value is -4.00. The van der Waals surface area contributed by atoms with Crippen LogP contribution in [-0.4, -0.2) is 23.2 Å². The third kappa shape index (κ3) is 4.84. The van der Waals surface area contributed by atoms with Crippen molar-refractivity contribution in [3.05, 3.63) is 99.6 Å². The van der Waals surface area contributed by atoms with Gasteiger partial charge in [0, 0.05) is 22.9 Å². The molecule has 0 spiro atoms. The molecule has 0 fully saturated rings. The van der Waals surface area contributed by atoms with Crippen molar-refractivity contribution in [2.45, 2.75) is 6.92 Å². The summed E-state index contributed by atoms with van der Waals surface area (Å²) in [7, 11) is 0. The first-order valence-corrected chi connectivity index (χ1v) is 8.82. The number of carbonyl (C=O) groups excluding carboxylic acids is 2. The van der Waals surface area contributed by atoms with Crippen LogP contribution in [0.2, 0.25) is 0 Å². The maximum atomic E-state index is 12.4. The zero-order chi connectivity index (χ0) is 20.8. The molecule has 3 aromatic carbocycles. The first kappa shape index (κ1) is 19.8. The van der Waals surface area contributed by atoms with Crippen molar-refractivity contribution in [2.24, 2.45) is 0 Å². The highest BCUT2D eigenvalue weighted by Gasteiger charge is 2.15. The Morgan fingerprint density at radius 2 is 1.62 bits per heavy atom. The Labute approximate surface area is 167 Å². The SMILES string of the molecule is Cc1c(OCC(=O)c2ccc(NC(=O)c3ccccc3)cc2)cccc1[N+](=O)[O-]. The number of nitro groups is 1. The molecular formula is C22H18N2O5. The molecule has 0 bridgehead atoms. The van der Waals surface area contributed by atoms with Crippen LogP contribution in [0.15, 0.2) is 72.8 Å². The standard InChI is InChI=1S/C22H18N2O5/c1-15-19(24(27)28)8-5-9-21(15)29-14-20(25)16-10-12-18(13-11-16)23-22(26)17-6-3-2-4-7-17/h2-13H,14H2,1H3,(H,23,26). The lowest BCUT2D eigenvalue weighted by Crippen LogP contribution is -2.13. The minimum atomic E-state index is -0.494. The van der Waals surface area contributed by atoms with Gasteiger partial charge in [0.15, 0.2) is 12.4 Å². The molecule has 0 saturated heterocycles. The van der Waals surface area contributed by atoms with Crippen LogP contribution < -0.4 is 10.1 Å². The molecule has 0 aliphatic carbocycles. The largest absolute Gasteiger partial charge is 0.485 e. The van der Waals surface area contributed by atoms with E-state index in [2.05, 4.69) is 5.32 Å². The van der Waals surface area contributed by atoms with Gasteiger partial charge < -0.3 is 10.1 Å². The topological polar surface area (TPSA) is 98.5 Å². The first-order chi connectivity index (χ1) is 14.0. The highest BCUT2D eigenvalue weighted by molar-refractivity contribution is 6.04. The molecular weight excluding hydrogens is 372 g/mol. The Morgan fingerprint density at radius 1 is 0.931 bits per heavy atom. The van der Waals surface area contributed by atoms with Crippen LogP contribution in [-0.2, 0) is 0 Å². The number of anilines is 1. The summed E-state index contributed by atoms with van der Waals surface area (Å²) < 4.78 is 5.47. The van der Waals surface area contributed by atoms with Crippen molar-refractivity contribution < 1.29 is 19.2 Å². The number of Topliss-reactive ketones (excluding diaryl/α,β-unsaturated/α-hetero) is 1. The van der Waals surface area contributed by atoms with Crippen molar-refractivity contribution in [3.63, 3.8) is 0 Å². The maximum Gasteiger partial charge on any atom is 0.276 e. The van der Waals surface area contributed by atoms with Crippen LogP contribution in [0.5, 0.6) is 5.75 Å². The van der Waals surface area contributed by atoms with E-state index in [-0.39, 0.29) is 24.0 Å². The van der Waals surface area contributed by atoms with Crippen molar-refractivity contribution in [2.75, 3.05) is 11.9 Å². The molecule has 0 unspecified atom stereocenters. The number of rotatable bonds is 7. The molecule has 0 aliphatic heterocycles. The number of nitrogens with one attached hydrogen (secondary N) is 1. The zero-order valence-electron chi connectivity index (χ0n) is 15.6. The molecule has 29 heavy (non-hydrogen) atoms. The van der Waals surface area contributed by atoms with Gasteiger partial charge in [-0.2, -0.15) is 0 Å². The van der Waals surface area contributed by atoms with Crippen molar-refractivity contribution in [1.82, 2.24) is 0 Å². The molecule has 7 nitrogen and oxygen atoms in total. The normalized spacial score (nSPS) is 10.2. The monoisotopic (exact) mass is 390 g/mol. The summed E-state index contributed by atoms with van der Waals surface area (Å²) in [5.41, 5.74) is 1.81. The Bertz CT molecular complexity index is 1050. The van der Waals surface area contributed by atoms with Gasteiger partial charge in [-0.05, 0) is 49.4 Å². The van der Waals surface area contributed by atoms with Crippen LogP contribution in [0.1, 0.15) is 26.3 Å². The first-order valence-electron chi connectivity index (χ1n) is 8.82. The molecule has 0 atom stereocenters. The Morgan fingerprint density at radius 3 is 2.28 bits per heavy atom. The minimum Gasteiger partial charge on any atom is -0.485 e. The van der Waals surface area contributed by atoms with E-state index in [0.717, 1.165) is 0 Å². The average Bonchev–Trinajstić information content (AvgIpc) is 2.73. The lowest BCUT2D eigenvalue weighted by molar-refractivity contribution is -0.385. The zero-order valence-corrected chi connectivity index (χ0v) is 15.6. The van der Waals surface area contributed by atoms with E-state index in [9.17, 15) is 19.7 Å². The van der Waals surface area contributed by atoms with Crippen LogP contribution in [0.4, 0.5) is 11.4 Å². The number of hydrogen-bond donors (Lipinski definition) is 1. The molecule has 0 aromatic heterocycles. The predicted molar refractivity (Wildman–Crippen MR) is 108 cm³/mol. The van der Waals surface area contributed by atoms with Gasteiger partial charge >= 0.3 is 0 Å². The quantitative estimate of drug-likeness (QED) is 0.366. The highest BCUT2D eigenvalue weighted by Crippen LogP contribution is 2.27. The van der Waals surface area contributed by atoms with Gasteiger partial charge in [0.1, 0.15) is 5.75 Å². The van der Waals surface area contributed by atoms with Crippen molar-refractivity contribution >= 4 is 23.1 Å². The van der Waals surface area contributed by atoms with Crippen LogP contribution in [0, 0.1) is 17.0 Å². The summed E-state index contributed by atoms with van der Waals surface area (Å²) in [5.74, 6) is -0.231. The third-order valence-corrected chi connectivity index (χ3v) is 4.31. The summed E-state index contributed by atoms with van der Waals surface area (Å²) in [5, 5.41) is 13.7. The van der Waals surface area contributed by atoms with Gasteiger partial charge in [0.2, 0.25) is 0 Å². The fourth-order valence-corrected chi connectivity index (χ4v) is 2.72. The molecule has 1 N–H and O–H groups in total. The van der Waals surface area contributed by atoms with E-state index in [1.165, 1.54) is 12.1 Å². The van der Waals surface area contributed by atoms with E-state index >= 15 is 0 Å². The molecule has 146 valence electrons. The van der Waals surface area contributed by atoms with Crippen LogP contribution in [0.3, 0.4) is 0 Å². The maximum absolute atomic E-state index is 12.4. The molecule has 0 radical (unpaired) electrons. The number of nitrogens with zero attached hydrogens (tertiary/aromatic N) is 1. The van der Waals surface area contributed by atoms with Gasteiger partial charge in [0.25, 0.3) is 11.6 Å². The number of benzene rings is 3. The number of amides is 1. The number of hydrogen-bond acceptors (Lipinski definition) is 5. The minimum absolute atomic E-state index is 0.0616. The van der Waals surface area contributed by atoms with Crippen molar-refractivity contribution in [1.29, 1.82) is 0 Å². The highest BCUT2D eigenvalue weighted by atomic mass is 16.6. The smallest absolute Gasteiger partial charge is 0.276 e. The molecule has 3 aromatic rings. The van der Waals surface area contributed by atoms with Gasteiger partial charge in [-0.3, -0.25) is 19.7 Å². The summed E-state index contributed by atoms with van der Waals surface area (Å²) in [6, 6.07) is 19.7. The molecule has 0 aliphatic rings. The third-order valence-electron chi connectivity index (χ3n) is 4.31.